The van der Waals surface area contributed by atoms with E-state index >= 15 is 0 Å². The monoisotopic (exact) mass is 204 g/mol. The summed E-state index contributed by atoms with van der Waals surface area (Å²) in [5.74, 6) is -3.72. The van der Waals surface area contributed by atoms with Gasteiger partial charge in [0.15, 0.2) is 0 Å². The van der Waals surface area contributed by atoms with Gasteiger partial charge in [0, 0.05) is 6.92 Å². The van der Waals surface area contributed by atoms with Crippen LogP contribution in [0.25, 0.3) is 0 Å². The van der Waals surface area contributed by atoms with Crippen LogP contribution >= 0.6 is 0 Å². The van der Waals surface area contributed by atoms with Gasteiger partial charge in [0.1, 0.15) is 11.9 Å². The molecule has 0 spiro atoms. The second-order valence-electron chi connectivity index (χ2n) is 3.36. The van der Waals surface area contributed by atoms with E-state index in [9.17, 15) is 18.3 Å². The number of hydrogen-bond acceptors (Lipinski definition) is 1. The Labute approximate surface area is 80.2 Å². The van der Waals surface area contributed by atoms with Crippen molar-refractivity contribution in [1.82, 2.24) is 0 Å². The molecule has 1 N–H and O–H groups in total. The molecule has 14 heavy (non-hydrogen) atoms. The topological polar surface area (TPSA) is 20.2 Å². The molecule has 1 rings (SSSR count). The third kappa shape index (κ3) is 2.26. The molecule has 0 aromatic heterocycles. The number of hydrogen-bond donors (Lipinski definition) is 1. The quantitative estimate of drug-likeness (QED) is 0.785. The summed E-state index contributed by atoms with van der Waals surface area (Å²) < 4.78 is 38.1. The average molecular weight is 204 g/mol. The van der Waals surface area contributed by atoms with Crippen molar-refractivity contribution in [2.45, 2.75) is 25.9 Å². The predicted octanol–water partition coefficient (Wildman–Crippen LogP) is 2.82. The van der Waals surface area contributed by atoms with Gasteiger partial charge in [0.25, 0.3) is 5.92 Å². The van der Waals surface area contributed by atoms with Crippen molar-refractivity contribution < 1.29 is 18.3 Å². The van der Waals surface area contributed by atoms with Crippen molar-refractivity contribution in [3.63, 3.8) is 0 Å². The SMILES string of the molecule is Cc1cc(F)ccc1C(O)C(C)(F)F. The van der Waals surface area contributed by atoms with Crippen LogP contribution < -0.4 is 0 Å². The van der Waals surface area contributed by atoms with Gasteiger partial charge in [0.05, 0.1) is 0 Å². The predicted molar refractivity (Wildman–Crippen MR) is 46.7 cm³/mol. The fourth-order valence-corrected chi connectivity index (χ4v) is 1.22. The summed E-state index contributed by atoms with van der Waals surface area (Å²) in [6.07, 6.45) is -1.89. The zero-order chi connectivity index (χ0) is 10.9. The molecule has 0 bridgehead atoms. The normalized spacial score (nSPS) is 14.1. The number of alkyl halides is 2. The Morgan fingerprint density at radius 2 is 1.93 bits per heavy atom. The summed E-state index contributed by atoms with van der Waals surface area (Å²) >= 11 is 0. The van der Waals surface area contributed by atoms with Gasteiger partial charge < -0.3 is 5.11 Å². The van der Waals surface area contributed by atoms with Crippen LogP contribution in [0.15, 0.2) is 18.2 Å². The van der Waals surface area contributed by atoms with E-state index < -0.39 is 17.8 Å². The zero-order valence-electron chi connectivity index (χ0n) is 7.89. The minimum atomic E-state index is -3.22. The van der Waals surface area contributed by atoms with Crippen LogP contribution in [0.2, 0.25) is 0 Å². The van der Waals surface area contributed by atoms with Crippen molar-refractivity contribution in [3.05, 3.63) is 35.1 Å². The van der Waals surface area contributed by atoms with E-state index in [0.717, 1.165) is 12.1 Å². The van der Waals surface area contributed by atoms with E-state index in [1.807, 2.05) is 0 Å². The Balaban J connectivity index is 3.08. The van der Waals surface area contributed by atoms with Gasteiger partial charge in [0.2, 0.25) is 0 Å². The molecule has 78 valence electrons. The lowest BCUT2D eigenvalue weighted by Gasteiger charge is -2.20. The second-order valence-corrected chi connectivity index (χ2v) is 3.36. The highest BCUT2D eigenvalue weighted by atomic mass is 19.3. The highest BCUT2D eigenvalue weighted by molar-refractivity contribution is 5.29. The highest BCUT2D eigenvalue weighted by Crippen LogP contribution is 2.32. The third-order valence-corrected chi connectivity index (χ3v) is 2.01. The standard InChI is InChI=1S/C10H11F3O/c1-6-5-7(11)3-4-8(6)9(14)10(2,12)13/h3-5,9,14H,1-2H3. The number of aliphatic hydroxyl groups excluding tert-OH is 1. The molecule has 0 aliphatic carbocycles. The van der Waals surface area contributed by atoms with Gasteiger partial charge in [-0.25, -0.2) is 13.2 Å². The summed E-state index contributed by atoms with van der Waals surface area (Å²) in [6, 6.07) is 3.34. The summed E-state index contributed by atoms with van der Waals surface area (Å²) in [6.45, 7) is 2.10. The van der Waals surface area contributed by atoms with E-state index in [1.165, 1.54) is 13.0 Å². The molecule has 0 heterocycles. The highest BCUT2D eigenvalue weighted by Gasteiger charge is 2.34. The van der Waals surface area contributed by atoms with Gasteiger partial charge in [-0.05, 0) is 30.2 Å². The van der Waals surface area contributed by atoms with Crippen molar-refractivity contribution >= 4 is 0 Å². The second kappa shape index (κ2) is 3.61. The molecule has 0 saturated carbocycles. The fraction of sp³-hybridized carbons (Fsp3) is 0.400. The summed E-state index contributed by atoms with van der Waals surface area (Å²) in [4.78, 5) is 0. The van der Waals surface area contributed by atoms with E-state index in [4.69, 9.17) is 0 Å². The molecule has 4 heteroatoms. The largest absolute Gasteiger partial charge is 0.382 e. The van der Waals surface area contributed by atoms with Crippen molar-refractivity contribution in [2.24, 2.45) is 0 Å². The number of rotatable bonds is 2. The lowest BCUT2D eigenvalue weighted by molar-refractivity contribution is -0.0956. The maximum atomic E-state index is 12.7. The lowest BCUT2D eigenvalue weighted by Crippen LogP contribution is -2.22. The van der Waals surface area contributed by atoms with E-state index in [-0.39, 0.29) is 5.56 Å². The first-order valence-electron chi connectivity index (χ1n) is 4.14. The van der Waals surface area contributed by atoms with Crippen LogP contribution in [0.4, 0.5) is 13.2 Å². The van der Waals surface area contributed by atoms with Crippen molar-refractivity contribution in [3.8, 4) is 0 Å². The molecule has 1 aromatic rings. The molecular formula is C10H11F3O. The van der Waals surface area contributed by atoms with Gasteiger partial charge in [-0.2, -0.15) is 0 Å². The molecule has 1 nitrogen and oxygen atoms in total. The molecule has 0 saturated heterocycles. The molecule has 0 aliphatic rings. The zero-order valence-corrected chi connectivity index (χ0v) is 7.89. The average Bonchev–Trinajstić information content (AvgIpc) is 2.01. The minimum Gasteiger partial charge on any atom is -0.382 e. The van der Waals surface area contributed by atoms with Crippen LogP contribution in [0.5, 0.6) is 0 Å². The lowest BCUT2D eigenvalue weighted by atomic mass is 10.00. The molecule has 0 aliphatic heterocycles. The first kappa shape index (κ1) is 11.0. The van der Waals surface area contributed by atoms with Gasteiger partial charge in [-0.15, -0.1) is 0 Å². The Morgan fingerprint density at radius 3 is 2.36 bits per heavy atom. The van der Waals surface area contributed by atoms with Gasteiger partial charge >= 0.3 is 0 Å². The maximum Gasteiger partial charge on any atom is 0.274 e. The molecule has 1 atom stereocenters. The third-order valence-electron chi connectivity index (χ3n) is 2.01. The Bertz CT molecular complexity index is 331. The van der Waals surface area contributed by atoms with Crippen LogP contribution in [0.1, 0.15) is 24.2 Å². The number of aryl methyl sites for hydroxylation is 1. The molecule has 0 amide bonds. The number of benzene rings is 1. The first-order valence-corrected chi connectivity index (χ1v) is 4.14. The molecular weight excluding hydrogens is 193 g/mol. The number of aliphatic hydroxyl groups is 1. The van der Waals surface area contributed by atoms with E-state index in [2.05, 4.69) is 0 Å². The molecule has 1 aromatic carbocycles. The van der Waals surface area contributed by atoms with Gasteiger partial charge in [-0.1, -0.05) is 6.07 Å². The van der Waals surface area contributed by atoms with E-state index in [1.54, 1.807) is 0 Å². The maximum absolute atomic E-state index is 12.7. The minimum absolute atomic E-state index is 0.0545. The Hall–Kier alpha value is -1.03. The molecule has 0 fully saturated rings. The molecule has 0 radical (unpaired) electrons. The Kier molecular flexibility index (Phi) is 2.85. The number of halogens is 3. The van der Waals surface area contributed by atoms with Crippen LogP contribution in [0.3, 0.4) is 0 Å². The summed E-state index contributed by atoms with van der Waals surface area (Å²) in [5.41, 5.74) is 0.373. The summed E-state index contributed by atoms with van der Waals surface area (Å²) in [5, 5.41) is 9.26. The Morgan fingerprint density at radius 1 is 1.36 bits per heavy atom. The van der Waals surface area contributed by atoms with Crippen molar-refractivity contribution in [2.75, 3.05) is 0 Å². The van der Waals surface area contributed by atoms with Crippen LogP contribution in [-0.2, 0) is 0 Å². The van der Waals surface area contributed by atoms with Crippen LogP contribution in [-0.4, -0.2) is 11.0 Å². The van der Waals surface area contributed by atoms with Crippen molar-refractivity contribution in [1.29, 1.82) is 0 Å². The van der Waals surface area contributed by atoms with Crippen LogP contribution in [0, 0.1) is 12.7 Å². The first-order chi connectivity index (χ1) is 6.32. The smallest absolute Gasteiger partial charge is 0.274 e. The van der Waals surface area contributed by atoms with E-state index in [0.29, 0.717) is 12.5 Å². The fourth-order valence-electron chi connectivity index (χ4n) is 1.22. The molecule has 1 unspecified atom stereocenters. The van der Waals surface area contributed by atoms with Gasteiger partial charge in [-0.3, -0.25) is 0 Å². The summed E-state index contributed by atoms with van der Waals surface area (Å²) in [7, 11) is 0.